The van der Waals surface area contributed by atoms with Gasteiger partial charge in [-0.25, -0.2) is 4.98 Å². The van der Waals surface area contributed by atoms with Gasteiger partial charge in [-0.1, -0.05) is 64.7 Å². The van der Waals surface area contributed by atoms with Crippen molar-refractivity contribution in [3.63, 3.8) is 0 Å². The fourth-order valence-corrected chi connectivity index (χ4v) is 2.34. The maximum absolute atomic E-state index is 11.8. The molecule has 112 valence electrons. The van der Waals surface area contributed by atoms with E-state index in [1.54, 1.807) is 18.6 Å². The highest BCUT2D eigenvalue weighted by Gasteiger charge is 2.06. The molecule has 0 saturated heterocycles. The van der Waals surface area contributed by atoms with Crippen LogP contribution in [0.4, 0.5) is 0 Å². The largest absolute Gasteiger partial charge is 0.292 e. The van der Waals surface area contributed by atoms with Gasteiger partial charge in [0.25, 0.3) is 0 Å². The Morgan fingerprint density at radius 2 is 1.50 bits per heavy atom. The summed E-state index contributed by atoms with van der Waals surface area (Å²) in [6.07, 6.45) is 18.2. The summed E-state index contributed by atoms with van der Waals surface area (Å²) in [6.45, 7) is 2.25. The molecule has 0 aromatic carbocycles. The van der Waals surface area contributed by atoms with Gasteiger partial charge in [-0.05, 0) is 6.42 Å². The molecule has 0 aliphatic carbocycles. The van der Waals surface area contributed by atoms with Gasteiger partial charge in [0, 0.05) is 18.8 Å². The molecule has 0 saturated carbocycles. The smallest absolute Gasteiger partial charge is 0.182 e. The molecule has 0 aliphatic heterocycles. The number of ketones is 1. The standard InChI is InChI=1S/C17H28N2O/c1-2-3-4-5-6-7-8-9-10-11-12-17(20)16-15-18-13-14-19-16/h13-15H,2-12H2,1H3. The lowest BCUT2D eigenvalue weighted by Crippen LogP contribution is -2.02. The molecule has 0 radical (unpaired) electrons. The summed E-state index contributed by atoms with van der Waals surface area (Å²) in [6, 6.07) is 0. The highest BCUT2D eigenvalue weighted by molar-refractivity contribution is 5.93. The first-order chi connectivity index (χ1) is 9.84. The first kappa shape index (κ1) is 16.8. The molecule has 1 rings (SSSR count). The van der Waals surface area contributed by atoms with E-state index in [9.17, 15) is 4.79 Å². The number of aromatic nitrogens is 2. The van der Waals surface area contributed by atoms with Crippen molar-refractivity contribution in [1.29, 1.82) is 0 Å². The molecular formula is C17H28N2O. The zero-order chi connectivity index (χ0) is 14.5. The number of carbonyl (C=O) groups excluding carboxylic acids is 1. The zero-order valence-electron chi connectivity index (χ0n) is 12.8. The Balaban J connectivity index is 1.91. The number of carbonyl (C=O) groups is 1. The molecule has 0 fully saturated rings. The van der Waals surface area contributed by atoms with Crippen LogP contribution < -0.4 is 0 Å². The quantitative estimate of drug-likeness (QED) is 0.400. The van der Waals surface area contributed by atoms with E-state index < -0.39 is 0 Å². The Morgan fingerprint density at radius 3 is 2.05 bits per heavy atom. The van der Waals surface area contributed by atoms with Crippen LogP contribution in [0.25, 0.3) is 0 Å². The maximum Gasteiger partial charge on any atom is 0.182 e. The van der Waals surface area contributed by atoms with Crippen molar-refractivity contribution in [2.75, 3.05) is 0 Å². The molecule has 1 aromatic heterocycles. The van der Waals surface area contributed by atoms with E-state index >= 15 is 0 Å². The summed E-state index contributed by atoms with van der Waals surface area (Å²) in [5, 5.41) is 0. The Morgan fingerprint density at radius 1 is 0.900 bits per heavy atom. The third kappa shape index (κ3) is 8.03. The molecule has 3 heteroatoms. The fourth-order valence-electron chi connectivity index (χ4n) is 2.34. The van der Waals surface area contributed by atoms with Crippen LogP contribution in [0.3, 0.4) is 0 Å². The third-order valence-corrected chi connectivity index (χ3v) is 3.61. The topological polar surface area (TPSA) is 42.9 Å². The first-order valence-electron chi connectivity index (χ1n) is 8.13. The van der Waals surface area contributed by atoms with Crippen molar-refractivity contribution in [1.82, 2.24) is 9.97 Å². The second-order valence-electron chi connectivity index (χ2n) is 5.45. The average molecular weight is 276 g/mol. The summed E-state index contributed by atoms with van der Waals surface area (Å²) >= 11 is 0. The van der Waals surface area contributed by atoms with Crippen molar-refractivity contribution in [2.45, 2.75) is 77.6 Å². The van der Waals surface area contributed by atoms with Gasteiger partial charge in [0.05, 0.1) is 6.20 Å². The van der Waals surface area contributed by atoms with Crippen LogP contribution in [0.2, 0.25) is 0 Å². The van der Waals surface area contributed by atoms with Gasteiger partial charge in [0.2, 0.25) is 0 Å². The average Bonchev–Trinajstić information content (AvgIpc) is 2.50. The van der Waals surface area contributed by atoms with Crippen molar-refractivity contribution < 1.29 is 4.79 Å². The molecule has 0 atom stereocenters. The summed E-state index contributed by atoms with van der Waals surface area (Å²) in [4.78, 5) is 19.7. The summed E-state index contributed by atoms with van der Waals surface area (Å²) in [5.74, 6) is 0.123. The van der Waals surface area contributed by atoms with Crippen LogP contribution in [0, 0.1) is 0 Å². The molecular weight excluding hydrogens is 248 g/mol. The van der Waals surface area contributed by atoms with E-state index in [1.165, 1.54) is 51.4 Å². The highest BCUT2D eigenvalue weighted by atomic mass is 16.1. The lowest BCUT2D eigenvalue weighted by Gasteiger charge is -2.02. The van der Waals surface area contributed by atoms with Crippen LogP contribution >= 0.6 is 0 Å². The number of rotatable bonds is 12. The predicted octanol–water partition coefficient (Wildman–Crippen LogP) is 4.97. The van der Waals surface area contributed by atoms with Crippen molar-refractivity contribution in [3.05, 3.63) is 24.3 Å². The van der Waals surface area contributed by atoms with Crippen molar-refractivity contribution >= 4 is 5.78 Å². The summed E-state index contributed by atoms with van der Waals surface area (Å²) in [5.41, 5.74) is 0.503. The van der Waals surface area contributed by atoms with E-state index in [4.69, 9.17) is 0 Å². The Kier molecular flexibility index (Phi) is 9.72. The van der Waals surface area contributed by atoms with Gasteiger partial charge in [0.1, 0.15) is 5.69 Å². The molecule has 0 bridgehead atoms. The maximum atomic E-state index is 11.8. The van der Waals surface area contributed by atoms with E-state index in [0.717, 1.165) is 12.8 Å². The summed E-state index contributed by atoms with van der Waals surface area (Å²) in [7, 11) is 0. The van der Waals surface area contributed by atoms with E-state index in [2.05, 4.69) is 16.9 Å². The van der Waals surface area contributed by atoms with Gasteiger partial charge >= 0.3 is 0 Å². The molecule has 0 unspecified atom stereocenters. The molecule has 0 N–H and O–H groups in total. The first-order valence-corrected chi connectivity index (χ1v) is 8.13. The number of hydrogen-bond acceptors (Lipinski definition) is 3. The number of hydrogen-bond donors (Lipinski definition) is 0. The Labute approximate surface area is 123 Å². The van der Waals surface area contributed by atoms with Gasteiger partial charge in [-0.15, -0.1) is 0 Å². The lowest BCUT2D eigenvalue weighted by molar-refractivity contribution is 0.0974. The molecule has 1 heterocycles. The van der Waals surface area contributed by atoms with Crippen LogP contribution in [-0.2, 0) is 0 Å². The zero-order valence-corrected chi connectivity index (χ0v) is 12.8. The van der Waals surface area contributed by atoms with Gasteiger partial charge in [0.15, 0.2) is 5.78 Å². The van der Waals surface area contributed by atoms with Crippen LogP contribution in [-0.4, -0.2) is 15.8 Å². The number of nitrogens with zero attached hydrogens (tertiary/aromatic N) is 2. The Bertz CT molecular complexity index is 351. The second kappa shape index (κ2) is 11.6. The van der Waals surface area contributed by atoms with Crippen LogP contribution in [0.15, 0.2) is 18.6 Å². The molecule has 1 aromatic rings. The van der Waals surface area contributed by atoms with E-state index in [0.29, 0.717) is 12.1 Å². The van der Waals surface area contributed by atoms with Crippen molar-refractivity contribution in [3.8, 4) is 0 Å². The number of unbranched alkanes of at least 4 members (excludes halogenated alkanes) is 9. The summed E-state index contributed by atoms with van der Waals surface area (Å²) < 4.78 is 0. The molecule has 20 heavy (non-hydrogen) atoms. The second-order valence-corrected chi connectivity index (χ2v) is 5.45. The normalized spacial score (nSPS) is 10.7. The Hall–Kier alpha value is -1.25. The third-order valence-electron chi connectivity index (χ3n) is 3.61. The minimum atomic E-state index is 0.123. The minimum absolute atomic E-state index is 0.123. The monoisotopic (exact) mass is 276 g/mol. The predicted molar refractivity (Wildman–Crippen MR) is 82.8 cm³/mol. The highest BCUT2D eigenvalue weighted by Crippen LogP contribution is 2.12. The molecule has 0 spiro atoms. The van der Waals surface area contributed by atoms with Gasteiger partial charge < -0.3 is 0 Å². The number of Topliss-reactive ketones (excluding diaryl/α,β-unsaturated/α-hetero) is 1. The van der Waals surface area contributed by atoms with E-state index in [-0.39, 0.29) is 5.78 Å². The molecule has 0 aliphatic rings. The van der Waals surface area contributed by atoms with Crippen LogP contribution in [0.5, 0.6) is 0 Å². The SMILES string of the molecule is CCCCCCCCCCCCC(=O)c1cnccn1. The van der Waals surface area contributed by atoms with Crippen molar-refractivity contribution in [2.24, 2.45) is 0 Å². The molecule has 3 nitrogen and oxygen atoms in total. The van der Waals surface area contributed by atoms with E-state index in [1.807, 2.05) is 0 Å². The van der Waals surface area contributed by atoms with Crippen LogP contribution in [0.1, 0.15) is 88.0 Å². The van der Waals surface area contributed by atoms with Gasteiger partial charge in [-0.3, -0.25) is 9.78 Å². The molecule has 0 amide bonds. The lowest BCUT2D eigenvalue weighted by atomic mass is 10.0. The minimum Gasteiger partial charge on any atom is -0.292 e. The van der Waals surface area contributed by atoms with Gasteiger partial charge in [-0.2, -0.15) is 0 Å². The fraction of sp³-hybridized carbons (Fsp3) is 0.706.